The van der Waals surface area contributed by atoms with Crippen molar-refractivity contribution >= 4 is 5.78 Å². The van der Waals surface area contributed by atoms with Crippen molar-refractivity contribution in [2.45, 2.75) is 52.4 Å². The topological polar surface area (TPSA) is 17.1 Å². The van der Waals surface area contributed by atoms with E-state index < -0.39 is 0 Å². The number of hydrogen-bond acceptors (Lipinski definition) is 1. The highest BCUT2D eigenvalue weighted by molar-refractivity contribution is 5.84. The van der Waals surface area contributed by atoms with Crippen LogP contribution in [0.5, 0.6) is 0 Å². The summed E-state index contributed by atoms with van der Waals surface area (Å²) in [5, 5.41) is 0. The predicted molar refractivity (Wildman–Crippen MR) is 65.0 cm³/mol. The molecule has 0 aromatic rings. The summed E-state index contributed by atoms with van der Waals surface area (Å²) in [7, 11) is 0. The maximum absolute atomic E-state index is 12.5. The lowest BCUT2D eigenvalue weighted by Gasteiger charge is -2.54. The van der Waals surface area contributed by atoms with E-state index in [4.69, 9.17) is 0 Å². The summed E-state index contributed by atoms with van der Waals surface area (Å²) >= 11 is 0. The Balaban J connectivity index is 1.79. The monoisotopic (exact) mass is 220 g/mol. The zero-order valence-electron chi connectivity index (χ0n) is 10.6. The SMILES string of the molecule is CCC(C)C(=O)C1C2CC3CC(C2)CC1C3. The molecule has 1 unspecified atom stereocenters. The van der Waals surface area contributed by atoms with Crippen LogP contribution in [0.2, 0.25) is 0 Å². The number of carbonyl (C=O) groups is 1. The lowest BCUT2D eigenvalue weighted by molar-refractivity contribution is -0.139. The highest BCUT2D eigenvalue weighted by Crippen LogP contribution is 2.57. The number of carbonyl (C=O) groups excluding carboxylic acids is 1. The van der Waals surface area contributed by atoms with E-state index in [1.807, 2.05) is 0 Å². The van der Waals surface area contributed by atoms with Gasteiger partial charge in [-0.1, -0.05) is 13.8 Å². The first-order valence-corrected chi connectivity index (χ1v) is 7.22. The van der Waals surface area contributed by atoms with Crippen molar-refractivity contribution in [1.82, 2.24) is 0 Å². The summed E-state index contributed by atoms with van der Waals surface area (Å²) in [6, 6.07) is 0. The van der Waals surface area contributed by atoms with Crippen molar-refractivity contribution in [3.05, 3.63) is 0 Å². The summed E-state index contributed by atoms with van der Waals surface area (Å²) in [5.41, 5.74) is 0. The summed E-state index contributed by atoms with van der Waals surface area (Å²) in [5.74, 6) is 4.91. The summed E-state index contributed by atoms with van der Waals surface area (Å²) in [6.07, 6.45) is 8.01. The van der Waals surface area contributed by atoms with Crippen molar-refractivity contribution in [3.8, 4) is 0 Å². The average molecular weight is 220 g/mol. The molecule has 0 spiro atoms. The molecule has 4 bridgehead atoms. The summed E-state index contributed by atoms with van der Waals surface area (Å²) < 4.78 is 0. The first kappa shape index (κ1) is 10.8. The van der Waals surface area contributed by atoms with Gasteiger partial charge in [0.1, 0.15) is 5.78 Å². The Kier molecular flexibility index (Phi) is 2.60. The van der Waals surface area contributed by atoms with E-state index in [1.54, 1.807) is 0 Å². The highest BCUT2D eigenvalue weighted by Gasteiger charge is 2.50. The molecule has 0 aromatic carbocycles. The molecule has 90 valence electrons. The van der Waals surface area contributed by atoms with Gasteiger partial charge in [-0.15, -0.1) is 0 Å². The van der Waals surface area contributed by atoms with E-state index in [2.05, 4.69) is 13.8 Å². The molecule has 0 saturated heterocycles. The summed E-state index contributed by atoms with van der Waals surface area (Å²) in [4.78, 5) is 12.5. The molecule has 4 rings (SSSR count). The first-order valence-electron chi connectivity index (χ1n) is 7.22. The molecule has 0 radical (unpaired) electrons. The first-order chi connectivity index (χ1) is 7.69. The average Bonchev–Trinajstić information content (AvgIpc) is 2.26. The molecule has 0 heterocycles. The highest BCUT2D eigenvalue weighted by atomic mass is 16.1. The van der Waals surface area contributed by atoms with Gasteiger partial charge in [-0.25, -0.2) is 0 Å². The van der Waals surface area contributed by atoms with Crippen molar-refractivity contribution in [2.24, 2.45) is 35.5 Å². The molecule has 4 aliphatic carbocycles. The van der Waals surface area contributed by atoms with Crippen LogP contribution in [-0.2, 0) is 4.79 Å². The van der Waals surface area contributed by atoms with Crippen molar-refractivity contribution in [2.75, 3.05) is 0 Å². The van der Waals surface area contributed by atoms with E-state index in [9.17, 15) is 4.79 Å². The van der Waals surface area contributed by atoms with Crippen LogP contribution in [0.25, 0.3) is 0 Å². The second kappa shape index (κ2) is 3.85. The smallest absolute Gasteiger partial charge is 0.139 e. The number of ketones is 1. The molecule has 4 saturated carbocycles. The number of hydrogen-bond donors (Lipinski definition) is 0. The Labute approximate surface area is 99.0 Å². The van der Waals surface area contributed by atoms with E-state index >= 15 is 0 Å². The lowest BCUT2D eigenvalue weighted by Crippen LogP contribution is -2.49. The standard InChI is InChI=1S/C15H24O/c1-3-9(2)15(16)14-12-5-10-4-11(7-12)8-13(14)6-10/h9-14H,3-8H2,1-2H3. The molecule has 4 aliphatic rings. The van der Waals surface area contributed by atoms with Crippen LogP contribution in [-0.4, -0.2) is 5.78 Å². The van der Waals surface area contributed by atoms with E-state index in [-0.39, 0.29) is 0 Å². The van der Waals surface area contributed by atoms with Gasteiger partial charge in [-0.2, -0.15) is 0 Å². The molecule has 16 heavy (non-hydrogen) atoms. The fraction of sp³-hybridized carbons (Fsp3) is 0.933. The van der Waals surface area contributed by atoms with Crippen molar-refractivity contribution < 1.29 is 4.79 Å². The molecule has 4 fully saturated rings. The lowest BCUT2D eigenvalue weighted by atomic mass is 9.50. The van der Waals surface area contributed by atoms with E-state index in [1.165, 1.54) is 32.1 Å². The van der Waals surface area contributed by atoms with Crippen LogP contribution in [0, 0.1) is 35.5 Å². The van der Waals surface area contributed by atoms with Crippen LogP contribution in [0.4, 0.5) is 0 Å². The predicted octanol–water partition coefficient (Wildman–Crippen LogP) is 3.67. The number of Topliss-reactive ketones (excluding diaryl/α,β-unsaturated/α-hetero) is 1. The van der Waals surface area contributed by atoms with Gasteiger partial charge in [-0.3, -0.25) is 4.79 Å². The van der Waals surface area contributed by atoms with Gasteiger partial charge in [0.2, 0.25) is 0 Å². The second-order valence-corrected chi connectivity index (χ2v) is 6.67. The van der Waals surface area contributed by atoms with E-state index in [0.717, 1.165) is 30.1 Å². The Hall–Kier alpha value is -0.330. The molecule has 1 nitrogen and oxygen atoms in total. The van der Waals surface area contributed by atoms with Crippen LogP contribution in [0.1, 0.15) is 52.4 Å². The minimum atomic E-state index is 0.308. The molecule has 0 aromatic heterocycles. The third-order valence-corrected chi connectivity index (χ3v) is 5.65. The van der Waals surface area contributed by atoms with Gasteiger partial charge < -0.3 is 0 Å². The molecular formula is C15H24O. The van der Waals surface area contributed by atoms with Crippen LogP contribution in [0.15, 0.2) is 0 Å². The quantitative estimate of drug-likeness (QED) is 0.709. The molecule has 0 N–H and O–H groups in total. The maximum Gasteiger partial charge on any atom is 0.139 e. The zero-order chi connectivity index (χ0) is 11.3. The van der Waals surface area contributed by atoms with E-state index in [0.29, 0.717) is 17.6 Å². The van der Waals surface area contributed by atoms with Crippen molar-refractivity contribution in [3.63, 3.8) is 0 Å². The zero-order valence-corrected chi connectivity index (χ0v) is 10.6. The minimum absolute atomic E-state index is 0.308. The molecule has 1 atom stereocenters. The summed E-state index contributed by atoms with van der Waals surface area (Å²) in [6.45, 7) is 4.28. The largest absolute Gasteiger partial charge is 0.299 e. The Morgan fingerprint density at radius 3 is 2.00 bits per heavy atom. The van der Waals surface area contributed by atoms with Crippen LogP contribution < -0.4 is 0 Å². The van der Waals surface area contributed by atoms with Gasteiger partial charge in [0, 0.05) is 11.8 Å². The van der Waals surface area contributed by atoms with Crippen LogP contribution >= 0.6 is 0 Å². The van der Waals surface area contributed by atoms with Gasteiger partial charge in [-0.05, 0) is 62.2 Å². The third-order valence-electron chi connectivity index (χ3n) is 5.65. The molecule has 0 amide bonds. The second-order valence-electron chi connectivity index (χ2n) is 6.67. The van der Waals surface area contributed by atoms with Crippen LogP contribution in [0.3, 0.4) is 0 Å². The Morgan fingerprint density at radius 2 is 1.56 bits per heavy atom. The molecular weight excluding hydrogens is 196 g/mol. The normalized spacial score (nSPS) is 47.0. The van der Waals surface area contributed by atoms with Gasteiger partial charge >= 0.3 is 0 Å². The van der Waals surface area contributed by atoms with Gasteiger partial charge in [0.05, 0.1) is 0 Å². The van der Waals surface area contributed by atoms with Gasteiger partial charge in [0.25, 0.3) is 0 Å². The maximum atomic E-state index is 12.5. The van der Waals surface area contributed by atoms with Gasteiger partial charge in [0.15, 0.2) is 0 Å². The minimum Gasteiger partial charge on any atom is -0.299 e. The molecule has 0 aliphatic heterocycles. The Bertz CT molecular complexity index is 266. The fourth-order valence-corrected chi connectivity index (χ4v) is 4.92. The Morgan fingerprint density at radius 1 is 1.06 bits per heavy atom. The number of rotatable bonds is 3. The van der Waals surface area contributed by atoms with Crippen molar-refractivity contribution in [1.29, 1.82) is 0 Å². The third kappa shape index (κ3) is 1.55. The molecule has 1 heteroatoms. The fourth-order valence-electron chi connectivity index (χ4n) is 4.92.